The monoisotopic (exact) mass is 453 g/mol. The van der Waals surface area contributed by atoms with Gasteiger partial charge in [-0.3, -0.25) is 23.5 Å². The van der Waals surface area contributed by atoms with Crippen LogP contribution in [0.4, 0.5) is 14.5 Å². The lowest BCUT2D eigenvalue weighted by atomic mass is 10.3. The number of thioether (sulfide) groups is 1. The molecular weight excluding hydrogens is 436 g/mol. The van der Waals surface area contributed by atoms with E-state index in [-0.39, 0.29) is 11.2 Å². The number of amides is 1. The van der Waals surface area contributed by atoms with Crippen molar-refractivity contribution in [2.75, 3.05) is 11.9 Å². The molecule has 164 valence electrons. The number of nitrogens with one attached hydrogen (secondary N) is 1. The van der Waals surface area contributed by atoms with Gasteiger partial charge in [0, 0.05) is 24.7 Å². The summed E-state index contributed by atoms with van der Waals surface area (Å²) in [7, 11) is 2.76. The van der Waals surface area contributed by atoms with E-state index in [0.29, 0.717) is 22.3 Å². The van der Waals surface area contributed by atoms with E-state index in [9.17, 15) is 28.0 Å². The lowest BCUT2D eigenvalue weighted by Crippen LogP contribution is -2.37. The number of fused-ring (bicyclic) bond motifs is 1. The molecular formula is C18H17F2N5O5S. The average Bonchev–Trinajstić information content (AvgIpc) is 3.14. The number of halogens is 2. The number of imidazole rings is 1. The van der Waals surface area contributed by atoms with Gasteiger partial charge in [-0.2, -0.15) is 8.78 Å². The van der Waals surface area contributed by atoms with Gasteiger partial charge in [-0.25, -0.2) is 9.78 Å². The zero-order valence-electron chi connectivity index (χ0n) is 16.4. The van der Waals surface area contributed by atoms with E-state index in [1.54, 1.807) is 0 Å². The fourth-order valence-corrected chi connectivity index (χ4v) is 3.26. The van der Waals surface area contributed by atoms with Gasteiger partial charge in [0.25, 0.3) is 17.2 Å². The van der Waals surface area contributed by atoms with Crippen molar-refractivity contribution in [1.29, 1.82) is 0 Å². The second kappa shape index (κ2) is 9.12. The topological polar surface area (TPSA) is 117 Å². The maximum atomic E-state index is 12.3. The summed E-state index contributed by atoms with van der Waals surface area (Å²) in [5.41, 5.74) is -0.651. The predicted molar refractivity (Wildman–Crippen MR) is 108 cm³/mol. The van der Waals surface area contributed by atoms with Crippen molar-refractivity contribution in [3.8, 4) is 0 Å². The number of nitrogens with zero attached hydrogens (tertiary/aromatic N) is 4. The first kappa shape index (κ1) is 22.2. The molecule has 0 unspecified atom stereocenters. The lowest BCUT2D eigenvalue weighted by molar-refractivity contribution is -0.147. The van der Waals surface area contributed by atoms with Gasteiger partial charge >= 0.3 is 11.7 Å². The van der Waals surface area contributed by atoms with Crippen LogP contribution in [0.1, 0.15) is 0 Å². The molecule has 2 heterocycles. The van der Waals surface area contributed by atoms with E-state index in [1.165, 1.54) is 53.8 Å². The molecule has 1 N–H and O–H groups in total. The van der Waals surface area contributed by atoms with E-state index < -0.39 is 42.0 Å². The molecule has 0 aliphatic rings. The second-order valence-corrected chi connectivity index (χ2v) is 7.43. The molecule has 0 saturated heterocycles. The Morgan fingerprint density at radius 2 is 1.84 bits per heavy atom. The number of rotatable bonds is 7. The summed E-state index contributed by atoms with van der Waals surface area (Å²) in [4.78, 5) is 52.7. The van der Waals surface area contributed by atoms with Crippen LogP contribution in [0.25, 0.3) is 11.2 Å². The summed E-state index contributed by atoms with van der Waals surface area (Å²) in [6.45, 7) is -0.980. The molecule has 0 atom stereocenters. The van der Waals surface area contributed by atoms with Crippen molar-refractivity contribution in [3.63, 3.8) is 0 Å². The second-order valence-electron chi connectivity index (χ2n) is 6.36. The zero-order chi connectivity index (χ0) is 22.7. The predicted octanol–water partition coefficient (Wildman–Crippen LogP) is 0.930. The third-order valence-corrected chi connectivity index (χ3v) is 4.97. The van der Waals surface area contributed by atoms with Crippen LogP contribution < -0.4 is 16.6 Å². The van der Waals surface area contributed by atoms with Gasteiger partial charge in [0.15, 0.2) is 17.8 Å². The highest BCUT2D eigenvalue weighted by Gasteiger charge is 2.17. The summed E-state index contributed by atoms with van der Waals surface area (Å²) in [5.74, 6) is -3.97. The summed E-state index contributed by atoms with van der Waals surface area (Å²) in [5, 5.41) is 2.47. The molecule has 0 radical (unpaired) electrons. The van der Waals surface area contributed by atoms with Crippen molar-refractivity contribution < 1.29 is 23.1 Å². The largest absolute Gasteiger partial charge is 0.454 e. The molecule has 31 heavy (non-hydrogen) atoms. The van der Waals surface area contributed by atoms with Crippen molar-refractivity contribution in [2.24, 2.45) is 14.1 Å². The summed E-state index contributed by atoms with van der Waals surface area (Å²) < 4.78 is 32.8. The first-order valence-electron chi connectivity index (χ1n) is 8.78. The zero-order valence-corrected chi connectivity index (χ0v) is 17.2. The number of carbonyl (C=O) groups excluding carboxylic acids is 2. The highest BCUT2D eigenvalue weighted by molar-refractivity contribution is 7.99. The number of ether oxygens (including phenoxy) is 1. The van der Waals surface area contributed by atoms with Crippen LogP contribution in [0.3, 0.4) is 0 Å². The molecule has 13 heteroatoms. The van der Waals surface area contributed by atoms with Crippen molar-refractivity contribution in [1.82, 2.24) is 18.7 Å². The number of benzene rings is 1. The average molecular weight is 453 g/mol. The lowest BCUT2D eigenvalue weighted by Gasteiger charge is -2.08. The Kier molecular flexibility index (Phi) is 6.53. The van der Waals surface area contributed by atoms with Gasteiger partial charge in [0.05, 0.1) is 6.33 Å². The molecule has 1 aromatic carbocycles. The number of aryl methyl sites for hydroxylation is 1. The number of carbonyl (C=O) groups is 2. The summed E-state index contributed by atoms with van der Waals surface area (Å²) in [6, 6.07) is 5.75. The van der Waals surface area contributed by atoms with Crippen LogP contribution in [-0.4, -0.2) is 42.9 Å². The van der Waals surface area contributed by atoms with Crippen LogP contribution in [0.2, 0.25) is 0 Å². The van der Waals surface area contributed by atoms with E-state index in [1.807, 2.05) is 0 Å². The summed E-state index contributed by atoms with van der Waals surface area (Å²) >= 11 is 0.381. The van der Waals surface area contributed by atoms with Crippen LogP contribution >= 0.6 is 11.8 Å². The highest BCUT2D eigenvalue weighted by Crippen LogP contribution is 2.26. The normalized spacial score (nSPS) is 11.1. The fourth-order valence-electron chi connectivity index (χ4n) is 2.76. The minimum absolute atomic E-state index is 0.0489. The Hall–Kier alpha value is -3.48. The van der Waals surface area contributed by atoms with Crippen LogP contribution in [0, 0.1) is 0 Å². The number of esters is 1. The van der Waals surface area contributed by atoms with Crippen LogP contribution in [0.15, 0.2) is 45.1 Å². The molecule has 3 aromatic rings. The van der Waals surface area contributed by atoms with E-state index >= 15 is 0 Å². The minimum Gasteiger partial charge on any atom is -0.454 e. The van der Waals surface area contributed by atoms with Gasteiger partial charge in [-0.05, 0) is 24.3 Å². The number of hydrogen-bond acceptors (Lipinski definition) is 7. The molecule has 0 aliphatic carbocycles. The maximum Gasteiger partial charge on any atom is 0.332 e. The smallest absolute Gasteiger partial charge is 0.332 e. The number of anilines is 1. The number of hydrogen-bond donors (Lipinski definition) is 1. The van der Waals surface area contributed by atoms with E-state index in [4.69, 9.17) is 4.74 Å². The Labute approximate surface area is 177 Å². The first-order chi connectivity index (χ1) is 14.7. The standard InChI is InChI=1S/C18H17F2N5O5S/c1-23-15-14(16(28)24(2)18(23)29)25(9-21-15)7-13(27)30-8-12(26)22-10-3-5-11(6-4-10)31-17(19)20/h3-6,9,17H,7-8H2,1-2H3,(H,22,26). The number of alkyl halides is 2. The quantitative estimate of drug-likeness (QED) is 0.418. The van der Waals surface area contributed by atoms with Crippen molar-refractivity contribution in [3.05, 3.63) is 51.4 Å². The minimum atomic E-state index is -2.54. The number of aromatic nitrogens is 4. The van der Waals surface area contributed by atoms with Gasteiger partial charge in [0.1, 0.15) is 6.54 Å². The Bertz CT molecular complexity index is 1250. The van der Waals surface area contributed by atoms with Gasteiger partial charge < -0.3 is 14.6 Å². The SMILES string of the molecule is Cn1c(=O)c2c(ncn2CC(=O)OCC(=O)Nc2ccc(SC(F)F)cc2)n(C)c1=O. The molecule has 3 rings (SSSR count). The van der Waals surface area contributed by atoms with E-state index in [0.717, 1.165) is 4.57 Å². The molecule has 0 saturated carbocycles. The molecule has 0 aliphatic heterocycles. The fraction of sp³-hybridized carbons (Fsp3) is 0.278. The third kappa shape index (κ3) is 4.99. The Balaban J connectivity index is 1.60. The van der Waals surface area contributed by atoms with Gasteiger partial charge in [-0.1, -0.05) is 11.8 Å². The van der Waals surface area contributed by atoms with Gasteiger partial charge in [0.2, 0.25) is 0 Å². The Morgan fingerprint density at radius 3 is 2.48 bits per heavy atom. The molecule has 2 aromatic heterocycles. The highest BCUT2D eigenvalue weighted by atomic mass is 32.2. The molecule has 10 nitrogen and oxygen atoms in total. The molecule has 1 amide bonds. The van der Waals surface area contributed by atoms with Crippen LogP contribution in [0.5, 0.6) is 0 Å². The van der Waals surface area contributed by atoms with Crippen molar-refractivity contribution in [2.45, 2.75) is 17.2 Å². The van der Waals surface area contributed by atoms with Gasteiger partial charge in [-0.15, -0.1) is 0 Å². The van der Waals surface area contributed by atoms with Crippen LogP contribution in [-0.2, 0) is 35.0 Å². The Morgan fingerprint density at radius 1 is 1.16 bits per heavy atom. The summed E-state index contributed by atoms with van der Waals surface area (Å²) in [6.07, 6.45) is 1.23. The molecule has 0 spiro atoms. The first-order valence-corrected chi connectivity index (χ1v) is 9.66. The van der Waals surface area contributed by atoms with Crippen molar-refractivity contribution >= 4 is 40.5 Å². The third-order valence-electron chi connectivity index (χ3n) is 4.24. The molecule has 0 fully saturated rings. The molecule has 0 bridgehead atoms. The van der Waals surface area contributed by atoms with E-state index in [2.05, 4.69) is 10.3 Å². The maximum absolute atomic E-state index is 12.3.